The first-order valence-corrected chi connectivity index (χ1v) is 7.94. The zero-order valence-corrected chi connectivity index (χ0v) is 13.2. The molecule has 0 heterocycles. The van der Waals surface area contributed by atoms with Gasteiger partial charge in [-0.2, -0.15) is 0 Å². The van der Waals surface area contributed by atoms with Gasteiger partial charge in [0.1, 0.15) is 5.75 Å². The van der Waals surface area contributed by atoms with Gasteiger partial charge in [0, 0.05) is 24.9 Å². The average Bonchev–Trinajstić information content (AvgIpc) is 3.35. The van der Waals surface area contributed by atoms with Crippen molar-refractivity contribution in [3.63, 3.8) is 0 Å². The van der Waals surface area contributed by atoms with Gasteiger partial charge in [-0.25, -0.2) is 0 Å². The molecule has 1 fully saturated rings. The summed E-state index contributed by atoms with van der Waals surface area (Å²) in [5.41, 5.74) is 0.744. The number of carbonyl (C=O) groups is 2. The van der Waals surface area contributed by atoms with Crippen molar-refractivity contribution in [1.82, 2.24) is 0 Å². The number of aryl methyl sites for hydroxylation is 1. The summed E-state index contributed by atoms with van der Waals surface area (Å²) in [5.74, 6) is -0.320. The summed E-state index contributed by atoms with van der Waals surface area (Å²) >= 11 is 0. The Balaban J connectivity index is 1.64. The van der Waals surface area contributed by atoms with Gasteiger partial charge in [0.25, 0.3) is 5.91 Å². The van der Waals surface area contributed by atoms with Crippen LogP contribution in [0.4, 0.5) is 5.69 Å². The lowest BCUT2D eigenvalue weighted by atomic mass is 10.1. The molecule has 0 atom stereocenters. The molecule has 2 aromatic carbocycles. The summed E-state index contributed by atoms with van der Waals surface area (Å²) in [7, 11) is 0. The van der Waals surface area contributed by atoms with Gasteiger partial charge in [0.15, 0.2) is 5.60 Å². The predicted octanol–water partition coefficient (Wildman–Crippen LogP) is 3.25. The molecule has 1 saturated carbocycles. The fraction of sp³-hybridized carbons (Fsp3) is 0.263. The smallest absolute Gasteiger partial charge is 0.303 e. The zero-order chi connectivity index (χ0) is 17.0. The van der Waals surface area contributed by atoms with Gasteiger partial charge in [0.05, 0.1) is 0 Å². The number of anilines is 1. The summed E-state index contributed by atoms with van der Waals surface area (Å²) in [4.78, 5) is 23.2. The molecule has 2 N–H and O–H groups in total. The Bertz CT molecular complexity index is 738. The average molecular weight is 325 g/mol. The van der Waals surface area contributed by atoms with Crippen LogP contribution < -0.4 is 10.1 Å². The van der Waals surface area contributed by atoms with Gasteiger partial charge in [-0.1, -0.05) is 30.3 Å². The molecule has 5 nitrogen and oxygen atoms in total. The highest BCUT2D eigenvalue weighted by atomic mass is 16.5. The van der Waals surface area contributed by atoms with Crippen LogP contribution in [0, 0.1) is 0 Å². The normalized spacial score (nSPS) is 14.7. The third-order valence-corrected chi connectivity index (χ3v) is 3.99. The van der Waals surface area contributed by atoms with E-state index in [-0.39, 0.29) is 12.3 Å². The maximum Gasteiger partial charge on any atom is 0.303 e. The number of hydrogen-bond acceptors (Lipinski definition) is 3. The summed E-state index contributed by atoms with van der Waals surface area (Å²) in [5, 5.41) is 11.6. The van der Waals surface area contributed by atoms with E-state index in [1.807, 2.05) is 42.5 Å². The van der Waals surface area contributed by atoms with Crippen molar-refractivity contribution in [3.05, 3.63) is 60.2 Å². The van der Waals surface area contributed by atoms with Crippen molar-refractivity contribution in [2.75, 3.05) is 5.32 Å². The van der Waals surface area contributed by atoms with Crippen LogP contribution in [-0.2, 0) is 16.0 Å². The second-order valence-electron chi connectivity index (χ2n) is 5.96. The number of carboxylic acids is 1. The Hall–Kier alpha value is -2.82. The van der Waals surface area contributed by atoms with E-state index in [9.17, 15) is 9.59 Å². The molecule has 124 valence electrons. The van der Waals surface area contributed by atoms with Crippen molar-refractivity contribution in [2.24, 2.45) is 0 Å². The monoisotopic (exact) mass is 325 g/mol. The highest BCUT2D eigenvalue weighted by Gasteiger charge is 2.53. The number of carboxylic acid groups (broad SMARTS) is 1. The summed E-state index contributed by atoms with van der Waals surface area (Å²) in [6.07, 6.45) is 1.88. The molecule has 0 aliphatic heterocycles. The molecule has 3 rings (SSSR count). The van der Waals surface area contributed by atoms with Crippen molar-refractivity contribution in [1.29, 1.82) is 0 Å². The van der Waals surface area contributed by atoms with Gasteiger partial charge in [0.2, 0.25) is 0 Å². The minimum Gasteiger partial charge on any atom is -0.481 e. The van der Waals surface area contributed by atoms with Crippen LogP contribution in [-0.4, -0.2) is 22.6 Å². The Morgan fingerprint density at radius 3 is 2.50 bits per heavy atom. The van der Waals surface area contributed by atoms with Crippen molar-refractivity contribution in [2.45, 2.75) is 31.3 Å². The summed E-state index contributed by atoms with van der Waals surface area (Å²) < 4.78 is 5.87. The van der Waals surface area contributed by atoms with E-state index in [1.165, 1.54) is 0 Å². The third-order valence-electron chi connectivity index (χ3n) is 3.99. The lowest BCUT2D eigenvalue weighted by Gasteiger charge is -2.18. The standard InChI is InChI=1S/C19H19NO4/c21-17(22)10-9-14-5-4-6-15(13-14)20-18(23)19(11-12-19)24-16-7-2-1-3-8-16/h1-8,13H,9-12H2,(H,20,23)(H,21,22). The van der Waals surface area contributed by atoms with Crippen LogP contribution >= 0.6 is 0 Å². The number of aliphatic carboxylic acids is 1. The summed E-state index contributed by atoms with van der Waals surface area (Å²) in [6.45, 7) is 0. The number of hydrogen-bond donors (Lipinski definition) is 2. The second-order valence-corrected chi connectivity index (χ2v) is 5.96. The first-order valence-electron chi connectivity index (χ1n) is 7.94. The number of nitrogens with one attached hydrogen (secondary N) is 1. The van der Waals surface area contributed by atoms with Crippen LogP contribution in [0.5, 0.6) is 5.75 Å². The minimum atomic E-state index is -0.836. The van der Waals surface area contributed by atoms with Gasteiger partial charge in [-0.05, 0) is 36.2 Å². The van der Waals surface area contributed by atoms with Crippen LogP contribution in [0.1, 0.15) is 24.8 Å². The molecule has 0 saturated heterocycles. The van der Waals surface area contributed by atoms with Crippen molar-refractivity contribution in [3.8, 4) is 5.75 Å². The van der Waals surface area contributed by atoms with Crippen LogP contribution in [0.3, 0.4) is 0 Å². The molecule has 2 aromatic rings. The topological polar surface area (TPSA) is 75.6 Å². The number of benzene rings is 2. The van der Waals surface area contributed by atoms with Crippen LogP contribution in [0.2, 0.25) is 0 Å². The Kier molecular flexibility index (Phi) is 4.51. The lowest BCUT2D eigenvalue weighted by molar-refractivity contribution is -0.137. The van der Waals surface area contributed by atoms with E-state index in [0.29, 0.717) is 30.7 Å². The van der Waals surface area contributed by atoms with Gasteiger partial charge >= 0.3 is 5.97 Å². The molecular weight excluding hydrogens is 306 g/mol. The molecule has 24 heavy (non-hydrogen) atoms. The molecule has 0 radical (unpaired) electrons. The molecule has 0 bridgehead atoms. The first-order chi connectivity index (χ1) is 11.6. The predicted molar refractivity (Wildman–Crippen MR) is 90.1 cm³/mol. The van der Waals surface area contributed by atoms with Crippen LogP contribution in [0.25, 0.3) is 0 Å². The molecule has 0 unspecified atom stereocenters. The van der Waals surface area contributed by atoms with Gasteiger partial charge in [-0.3, -0.25) is 9.59 Å². The molecule has 1 amide bonds. The Labute approximate surface area is 140 Å². The van der Waals surface area contributed by atoms with E-state index in [0.717, 1.165) is 5.56 Å². The van der Waals surface area contributed by atoms with Crippen molar-refractivity contribution < 1.29 is 19.4 Å². The molecule has 0 aromatic heterocycles. The minimum absolute atomic E-state index is 0.0679. The molecular formula is C19H19NO4. The van der Waals surface area contributed by atoms with E-state index in [1.54, 1.807) is 12.1 Å². The lowest BCUT2D eigenvalue weighted by Crippen LogP contribution is -2.35. The summed E-state index contributed by atoms with van der Waals surface area (Å²) in [6, 6.07) is 16.6. The van der Waals surface area contributed by atoms with E-state index in [4.69, 9.17) is 9.84 Å². The van der Waals surface area contributed by atoms with Gasteiger partial charge < -0.3 is 15.2 Å². The molecule has 1 aliphatic carbocycles. The molecule has 0 spiro atoms. The van der Waals surface area contributed by atoms with Crippen molar-refractivity contribution >= 4 is 17.6 Å². The number of amides is 1. The van der Waals surface area contributed by atoms with E-state index < -0.39 is 11.6 Å². The van der Waals surface area contributed by atoms with Gasteiger partial charge in [-0.15, -0.1) is 0 Å². The maximum absolute atomic E-state index is 12.5. The highest BCUT2D eigenvalue weighted by Crippen LogP contribution is 2.41. The largest absolute Gasteiger partial charge is 0.481 e. The number of ether oxygens (including phenoxy) is 1. The van der Waals surface area contributed by atoms with E-state index >= 15 is 0 Å². The Morgan fingerprint density at radius 2 is 1.83 bits per heavy atom. The van der Waals surface area contributed by atoms with E-state index in [2.05, 4.69) is 5.32 Å². The fourth-order valence-corrected chi connectivity index (χ4v) is 2.50. The number of para-hydroxylation sites is 1. The first kappa shape index (κ1) is 16.1. The maximum atomic E-state index is 12.5. The highest BCUT2D eigenvalue weighted by molar-refractivity contribution is 5.99. The SMILES string of the molecule is O=C(O)CCc1cccc(NC(=O)C2(Oc3ccccc3)CC2)c1. The molecule has 5 heteroatoms. The zero-order valence-electron chi connectivity index (χ0n) is 13.2. The second kappa shape index (κ2) is 6.74. The number of rotatable bonds is 7. The fourth-order valence-electron chi connectivity index (χ4n) is 2.50. The third kappa shape index (κ3) is 3.93. The molecule has 1 aliphatic rings. The quantitative estimate of drug-likeness (QED) is 0.819. The number of carbonyl (C=O) groups excluding carboxylic acids is 1. The Morgan fingerprint density at radius 1 is 1.08 bits per heavy atom. The van der Waals surface area contributed by atoms with Crippen LogP contribution in [0.15, 0.2) is 54.6 Å².